The van der Waals surface area contributed by atoms with Gasteiger partial charge in [-0.15, -0.1) is 0 Å². The van der Waals surface area contributed by atoms with Gasteiger partial charge >= 0.3 is 0 Å². The van der Waals surface area contributed by atoms with Gasteiger partial charge < -0.3 is 9.72 Å². The van der Waals surface area contributed by atoms with Gasteiger partial charge in [-0.1, -0.05) is 24.3 Å². The van der Waals surface area contributed by atoms with Gasteiger partial charge in [0.25, 0.3) is 5.91 Å². The Labute approximate surface area is 143 Å². The SMILES string of the molecule is O=C(COc1cccc(F)c1)NNC(=O)Cc1c[nH]c2ccccc12. The zero-order valence-corrected chi connectivity index (χ0v) is 13.2. The molecular formula is C18H16FN3O3. The minimum absolute atomic E-state index is 0.120. The molecule has 6 nitrogen and oxygen atoms in total. The lowest BCUT2D eigenvalue weighted by atomic mass is 10.1. The summed E-state index contributed by atoms with van der Waals surface area (Å²) < 4.78 is 18.1. The van der Waals surface area contributed by atoms with Crippen LogP contribution in [0.4, 0.5) is 4.39 Å². The van der Waals surface area contributed by atoms with Gasteiger partial charge in [-0.2, -0.15) is 0 Å². The molecule has 0 saturated heterocycles. The molecular weight excluding hydrogens is 325 g/mol. The summed E-state index contributed by atoms with van der Waals surface area (Å²) in [6.07, 6.45) is 1.88. The molecule has 2 amide bonds. The van der Waals surface area contributed by atoms with Gasteiger partial charge in [0.2, 0.25) is 5.91 Å². The van der Waals surface area contributed by atoms with E-state index < -0.39 is 11.7 Å². The summed E-state index contributed by atoms with van der Waals surface area (Å²) in [7, 11) is 0. The largest absolute Gasteiger partial charge is 0.484 e. The molecule has 0 radical (unpaired) electrons. The van der Waals surface area contributed by atoms with Gasteiger partial charge in [-0.05, 0) is 23.8 Å². The van der Waals surface area contributed by atoms with Gasteiger partial charge in [0.1, 0.15) is 11.6 Å². The van der Waals surface area contributed by atoms with Crippen molar-refractivity contribution in [1.29, 1.82) is 0 Å². The number of para-hydroxylation sites is 1. The summed E-state index contributed by atoms with van der Waals surface area (Å²) in [6.45, 7) is -0.336. The number of hydrogen-bond donors (Lipinski definition) is 3. The summed E-state index contributed by atoms with van der Waals surface area (Å²) in [5, 5.41) is 0.957. The van der Waals surface area contributed by atoms with E-state index in [-0.39, 0.29) is 24.7 Å². The second-order valence-corrected chi connectivity index (χ2v) is 5.38. The standard InChI is InChI=1S/C18H16FN3O3/c19-13-4-3-5-14(9-13)25-11-18(24)22-21-17(23)8-12-10-20-16-7-2-1-6-15(12)16/h1-7,9-10,20H,8,11H2,(H,21,23)(H,22,24). The number of aromatic nitrogens is 1. The van der Waals surface area contributed by atoms with E-state index in [4.69, 9.17) is 4.74 Å². The Hall–Kier alpha value is -3.35. The Bertz CT molecular complexity index is 907. The number of hydrogen-bond acceptors (Lipinski definition) is 3. The highest BCUT2D eigenvalue weighted by atomic mass is 19.1. The van der Waals surface area contributed by atoms with Gasteiger partial charge in [0, 0.05) is 23.2 Å². The van der Waals surface area contributed by atoms with E-state index in [1.165, 1.54) is 24.3 Å². The second-order valence-electron chi connectivity index (χ2n) is 5.38. The monoisotopic (exact) mass is 341 g/mol. The third-order valence-electron chi connectivity index (χ3n) is 3.53. The molecule has 0 saturated carbocycles. The first-order chi connectivity index (χ1) is 12.1. The number of carbonyl (C=O) groups excluding carboxylic acids is 2. The Morgan fingerprint density at radius 1 is 1.04 bits per heavy atom. The fraction of sp³-hybridized carbons (Fsp3) is 0.111. The fourth-order valence-corrected chi connectivity index (χ4v) is 2.38. The molecule has 0 aliphatic heterocycles. The van der Waals surface area contributed by atoms with Crippen LogP contribution in [0, 0.1) is 5.82 Å². The number of aromatic amines is 1. The number of ether oxygens (including phenoxy) is 1. The molecule has 1 heterocycles. The highest BCUT2D eigenvalue weighted by molar-refractivity contribution is 5.89. The molecule has 1 aromatic heterocycles. The third kappa shape index (κ3) is 4.35. The molecule has 0 fully saturated rings. The molecule has 0 aliphatic carbocycles. The smallest absolute Gasteiger partial charge is 0.276 e. The molecule has 128 valence electrons. The van der Waals surface area contributed by atoms with Crippen molar-refractivity contribution in [2.24, 2.45) is 0 Å². The molecule has 7 heteroatoms. The van der Waals surface area contributed by atoms with E-state index in [2.05, 4.69) is 15.8 Å². The van der Waals surface area contributed by atoms with Crippen molar-refractivity contribution in [3.63, 3.8) is 0 Å². The number of rotatable bonds is 5. The van der Waals surface area contributed by atoms with Crippen LogP contribution in [0.2, 0.25) is 0 Å². The minimum Gasteiger partial charge on any atom is -0.484 e. The molecule has 0 atom stereocenters. The molecule has 3 N–H and O–H groups in total. The minimum atomic E-state index is -0.545. The van der Waals surface area contributed by atoms with E-state index >= 15 is 0 Å². The molecule has 0 unspecified atom stereocenters. The topological polar surface area (TPSA) is 83.2 Å². The number of benzene rings is 2. The Balaban J connectivity index is 1.46. The highest BCUT2D eigenvalue weighted by Crippen LogP contribution is 2.17. The van der Waals surface area contributed by atoms with Crippen LogP contribution in [0.5, 0.6) is 5.75 Å². The lowest BCUT2D eigenvalue weighted by Gasteiger charge is -2.08. The van der Waals surface area contributed by atoms with Crippen molar-refractivity contribution in [2.75, 3.05) is 6.61 Å². The first kappa shape index (κ1) is 16.5. The van der Waals surface area contributed by atoms with Gasteiger partial charge in [0.15, 0.2) is 6.61 Å². The molecule has 25 heavy (non-hydrogen) atoms. The Morgan fingerprint density at radius 2 is 1.84 bits per heavy atom. The molecule has 2 aromatic carbocycles. The normalized spacial score (nSPS) is 10.4. The maximum Gasteiger partial charge on any atom is 0.276 e. The lowest BCUT2D eigenvalue weighted by molar-refractivity contribution is -0.129. The molecule has 0 bridgehead atoms. The van der Waals surface area contributed by atoms with Crippen molar-refractivity contribution in [1.82, 2.24) is 15.8 Å². The quantitative estimate of drug-likeness (QED) is 0.621. The number of nitrogens with one attached hydrogen (secondary N) is 3. The Morgan fingerprint density at radius 3 is 2.68 bits per heavy atom. The first-order valence-corrected chi connectivity index (χ1v) is 7.63. The van der Waals surface area contributed by atoms with Crippen molar-refractivity contribution in [2.45, 2.75) is 6.42 Å². The van der Waals surface area contributed by atoms with Crippen LogP contribution < -0.4 is 15.6 Å². The number of hydrazine groups is 1. The molecule has 0 spiro atoms. The van der Waals surface area contributed by atoms with Crippen LogP contribution in [0.3, 0.4) is 0 Å². The number of H-pyrrole nitrogens is 1. The fourth-order valence-electron chi connectivity index (χ4n) is 2.38. The van der Waals surface area contributed by atoms with Crippen LogP contribution >= 0.6 is 0 Å². The summed E-state index contributed by atoms with van der Waals surface area (Å²) in [6, 6.07) is 13.1. The van der Waals surface area contributed by atoms with Crippen LogP contribution in [0.25, 0.3) is 10.9 Å². The zero-order chi connectivity index (χ0) is 17.6. The molecule has 0 aliphatic rings. The Kier molecular flexibility index (Phi) is 4.94. The van der Waals surface area contributed by atoms with Crippen molar-refractivity contribution in [3.05, 3.63) is 66.1 Å². The third-order valence-corrected chi connectivity index (χ3v) is 3.53. The summed E-state index contributed by atoms with van der Waals surface area (Å²) in [4.78, 5) is 26.7. The maximum atomic E-state index is 13.0. The van der Waals surface area contributed by atoms with E-state index in [0.717, 1.165) is 16.5 Å². The van der Waals surface area contributed by atoms with Gasteiger partial charge in [-0.25, -0.2) is 4.39 Å². The van der Waals surface area contributed by atoms with Gasteiger partial charge in [-0.3, -0.25) is 20.4 Å². The average molecular weight is 341 g/mol. The second kappa shape index (κ2) is 7.48. The highest BCUT2D eigenvalue weighted by Gasteiger charge is 2.10. The molecule has 3 rings (SSSR count). The number of carbonyl (C=O) groups is 2. The number of fused-ring (bicyclic) bond motifs is 1. The maximum absolute atomic E-state index is 13.0. The zero-order valence-electron chi connectivity index (χ0n) is 13.2. The van der Waals surface area contributed by atoms with Crippen LogP contribution in [0.15, 0.2) is 54.7 Å². The van der Waals surface area contributed by atoms with Crippen LogP contribution in [-0.2, 0) is 16.0 Å². The number of amides is 2. The lowest BCUT2D eigenvalue weighted by Crippen LogP contribution is -2.44. The van der Waals surface area contributed by atoms with Crippen molar-refractivity contribution in [3.8, 4) is 5.75 Å². The van der Waals surface area contributed by atoms with Crippen LogP contribution in [-0.4, -0.2) is 23.4 Å². The van der Waals surface area contributed by atoms with Crippen molar-refractivity contribution < 1.29 is 18.7 Å². The molecule has 3 aromatic rings. The van der Waals surface area contributed by atoms with E-state index in [9.17, 15) is 14.0 Å². The van der Waals surface area contributed by atoms with E-state index in [1.54, 1.807) is 6.20 Å². The van der Waals surface area contributed by atoms with Gasteiger partial charge in [0.05, 0.1) is 6.42 Å². The number of halogens is 1. The first-order valence-electron chi connectivity index (χ1n) is 7.63. The summed E-state index contributed by atoms with van der Waals surface area (Å²) in [5.41, 5.74) is 6.36. The predicted molar refractivity (Wildman–Crippen MR) is 90.2 cm³/mol. The van der Waals surface area contributed by atoms with Crippen LogP contribution in [0.1, 0.15) is 5.56 Å². The summed E-state index contributed by atoms with van der Waals surface area (Å²) in [5.74, 6) is -1.12. The average Bonchev–Trinajstić information content (AvgIpc) is 3.01. The summed E-state index contributed by atoms with van der Waals surface area (Å²) >= 11 is 0. The van der Waals surface area contributed by atoms with Crippen molar-refractivity contribution >= 4 is 22.7 Å². The van der Waals surface area contributed by atoms with E-state index in [1.807, 2.05) is 24.3 Å². The predicted octanol–water partition coefficient (Wildman–Crippen LogP) is 2.08. The van der Waals surface area contributed by atoms with E-state index in [0.29, 0.717) is 0 Å².